The first kappa shape index (κ1) is 12.3. The van der Waals surface area contributed by atoms with Gasteiger partial charge >= 0.3 is 0 Å². The lowest BCUT2D eigenvalue weighted by atomic mass is 9.91. The van der Waals surface area contributed by atoms with Crippen LogP contribution < -0.4 is 5.73 Å². The Morgan fingerprint density at radius 3 is 2.82 bits per heavy atom. The highest BCUT2D eigenvalue weighted by Gasteiger charge is 2.13. The van der Waals surface area contributed by atoms with Crippen molar-refractivity contribution in [3.8, 4) is 0 Å². The number of nitrogens with zero attached hydrogens (tertiary/aromatic N) is 3. The van der Waals surface area contributed by atoms with Crippen LogP contribution in [0.1, 0.15) is 45.4 Å². The van der Waals surface area contributed by atoms with Crippen LogP contribution in [-0.2, 0) is 6.54 Å². The molecule has 0 aromatic carbocycles. The Balaban J connectivity index is 2.07. The van der Waals surface area contributed by atoms with E-state index >= 15 is 0 Å². The predicted molar refractivity (Wildman–Crippen MR) is 69.3 cm³/mol. The van der Waals surface area contributed by atoms with Crippen molar-refractivity contribution in [1.29, 1.82) is 0 Å². The standard InChI is InChI=1S/C13H22N4/c1-10(2)8-17-13(15-9-16-17)7-11-3-5-12(14)6-4-11/h7,9-10,12H,3-6,8,14H2,1-2H3. The summed E-state index contributed by atoms with van der Waals surface area (Å²) in [5, 5.41) is 4.27. The minimum absolute atomic E-state index is 0.390. The molecule has 0 radical (unpaired) electrons. The molecule has 1 fully saturated rings. The Morgan fingerprint density at radius 1 is 1.47 bits per heavy atom. The smallest absolute Gasteiger partial charge is 0.150 e. The van der Waals surface area contributed by atoms with Crippen LogP contribution in [0.3, 0.4) is 0 Å². The fourth-order valence-electron chi connectivity index (χ4n) is 2.21. The lowest BCUT2D eigenvalue weighted by Crippen LogP contribution is -2.23. The third kappa shape index (κ3) is 3.40. The zero-order chi connectivity index (χ0) is 12.3. The molecule has 4 nitrogen and oxygen atoms in total. The van der Waals surface area contributed by atoms with Gasteiger partial charge in [0.1, 0.15) is 6.33 Å². The number of aromatic nitrogens is 3. The van der Waals surface area contributed by atoms with Gasteiger partial charge in [-0.05, 0) is 37.7 Å². The topological polar surface area (TPSA) is 56.7 Å². The third-order valence-electron chi connectivity index (χ3n) is 3.19. The quantitative estimate of drug-likeness (QED) is 0.872. The van der Waals surface area contributed by atoms with Crippen molar-refractivity contribution < 1.29 is 0 Å². The van der Waals surface area contributed by atoms with Crippen LogP contribution in [0.15, 0.2) is 11.9 Å². The lowest BCUT2D eigenvalue weighted by Gasteiger charge is -2.20. The first-order valence-electron chi connectivity index (χ1n) is 6.48. The van der Waals surface area contributed by atoms with Crippen LogP contribution in [0, 0.1) is 5.92 Å². The number of allylic oxidation sites excluding steroid dienone is 1. The molecular weight excluding hydrogens is 212 g/mol. The maximum atomic E-state index is 5.91. The van der Waals surface area contributed by atoms with Gasteiger partial charge in [-0.15, -0.1) is 0 Å². The number of hydrogen-bond acceptors (Lipinski definition) is 3. The summed E-state index contributed by atoms with van der Waals surface area (Å²) in [6.07, 6.45) is 8.25. The molecule has 2 rings (SSSR count). The van der Waals surface area contributed by atoms with Gasteiger partial charge in [0.2, 0.25) is 0 Å². The molecule has 0 spiro atoms. The molecule has 1 aromatic rings. The molecule has 0 saturated heterocycles. The summed E-state index contributed by atoms with van der Waals surface area (Å²) in [4.78, 5) is 4.33. The Bertz CT molecular complexity index is 382. The van der Waals surface area contributed by atoms with Crippen molar-refractivity contribution >= 4 is 6.08 Å². The van der Waals surface area contributed by atoms with E-state index in [0.717, 1.165) is 38.1 Å². The first-order chi connectivity index (χ1) is 8.15. The van der Waals surface area contributed by atoms with Crippen LogP contribution >= 0.6 is 0 Å². The van der Waals surface area contributed by atoms with Crippen LogP contribution in [-0.4, -0.2) is 20.8 Å². The maximum absolute atomic E-state index is 5.91. The molecule has 2 N–H and O–H groups in total. The molecule has 0 unspecified atom stereocenters. The van der Waals surface area contributed by atoms with Gasteiger partial charge < -0.3 is 5.73 Å². The molecular formula is C13H22N4. The van der Waals surface area contributed by atoms with Crippen molar-refractivity contribution in [1.82, 2.24) is 14.8 Å². The highest BCUT2D eigenvalue weighted by molar-refractivity contribution is 5.45. The summed E-state index contributed by atoms with van der Waals surface area (Å²) in [6, 6.07) is 0.390. The third-order valence-corrected chi connectivity index (χ3v) is 3.19. The van der Waals surface area contributed by atoms with Crippen molar-refractivity contribution in [2.45, 2.75) is 52.1 Å². The van der Waals surface area contributed by atoms with Gasteiger partial charge in [0.15, 0.2) is 5.82 Å². The molecule has 1 aliphatic carbocycles. The van der Waals surface area contributed by atoms with Crippen molar-refractivity contribution in [3.63, 3.8) is 0 Å². The van der Waals surface area contributed by atoms with Gasteiger partial charge in [-0.1, -0.05) is 19.4 Å². The summed E-state index contributed by atoms with van der Waals surface area (Å²) in [6.45, 7) is 5.31. The van der Waals surface area contributed by atoms with Crippen LogP contribution in [0.5, 0.6) is 0 Å². The minimum atomic E-state index is 0.390. The zero-order valence-electron chi connectivity index (χ0n) is 10.8. The Hall–Kier alpha value is -1.16. The number of nitrogens with two attached hydrogens (primary N) is 1. The molecule has 1 aliphatic rings. The van der Waals surface area contributed by atoms with E-state index < -0.39 is 0 Å². The highest BCUT2D eigenvalue weighted by atomic mass is 15.3. The normalized spacial score (nSPS) is 20.9. The van der Waals surface area contributed by atoms with Crippen molar-refractivity contribution in [3.05, 3.63) is 17.7 Å². The second kappa shape index (κ2) is 5.45. The Morgan fingerprint density at radius 2 is 2.18 bits per heavy atom. The van der Waals surface area contributed by atoms with E-state index in [-0.39, 0.29) is 0 Å². The summed E-state index contributed by atoms with van der Waals surface area (Å²) >= 11 is 0. The molecule has 94 valence electrons. The van der Waals surface area contributed by atoms with E-state index in [2.05, 4.69) is 30.0 Å². The Labute approximate surface area is 103 Å². The molecule has 0 atom stereocenters. The van der Waals surface area contributed by atoms with Gasteiger partial charge in [-0.25, -0.2) is 9.67 Å². The molecule has 0 bridgehead atoms. The largest absolute Gasteiger partial charge is 0.328 e. The lowest BCUT2D eigenvalue weighted by molar-refractivity contribution is 0.478. The van der Waals surface area contributed by atoms with E-state index in [1.165, 1.54) is 5.57 Å². The summed E-state index contributed by atoms with van der Waals surface area (Å²) < 4.78 is 1.99. The minimum Gasteiger partial charge on any atom is -0.328 e. The molecule has 4 heteroatoms. The number of hydrogen-bond donors (Lipinski definition) is 1. The number of rotatable bonds is 3. The van der Waals surface area contributed by atoms with Gasteiger partial charge in [0, 0.05) is 12.6 Å². The molecule has 1 aromatic heterocycles. The zero-order valence-corrected chi connectivity index (χ0v) is 10.8. The first-order valence-corrected chi connectivity index (χ1v) is 6.48. The van der Waals surface area contributed by atoms with E-state index in [1.807, 2.05) is 4.68 Å². The summed E-state index contributed by atoms with van der Waals surface area (Å²) in [7, 11) is 0. The second-order valence-electron chi connectivity index (χ2n) is 5.33. The molecule has 17 heavy (non-hydrogen) atoms. The van der Waals surface area contributed by atoms with E-state index in [1.54, 1.807) is 6.33 Å². The fraction of sp³-hybridized carbons (Fsp3) is 0.692. The SMILES string of the molecule is CC(C)Cn1ncnc1C=C1CCC(N)CC1. The van der Waals surface area contributed by atoms with E-state index in [9.17, 15) is 0 Å². The average Bonchev–Trinajstić information content (AvgIpc) is 2.68. The molecule has 0 amide bonds. The fourth-order valence-corrected chi connectivity index (χ4v) is 2.21. The van der Waals surface area contributed by atoms with Gasteiger partial charge in [-0.3, -0.25) is 0 Å². The van der Waals surface area contributed by atoms with Crippen LogP contribution in [0.4, 0.5) is 0 Å². The summed E-state index contributed by atoms with van der Waals surface area (Å²) in [5.41, 5.74) is 7.37. The van der Waals surface area contributed by atoms with Gasteiger partial charge in [0.25, 0.3) is 0 Å². The van der Waals surface area contributed by atoms with Crippen molar-refractivity contribution in [2.24, 2.45) is 11.7 Å². The van der Waals surface area contributed by atoms with Crippen LogP contribution in [0.2, 0.25) is 0 Å². The highest BCUT2D eigenvalue weighted by Crippen LogP contribution is 2.24. The van der Waals surface area contributed by atoms with E-state index in [0.29, 0.717) is 12.0 Å². The summed E-state index contributed by atoms with van der Waals surface area (Å²) in [5.74, 6) is 1.58. The molecule has 1 saturated carbocycles. The monoisotopic (exact) mass is 234 g/mol. The average molecular weight is 234 g/mol. The van der Waals surface area contributed by atoms with Gasteiger partial charge in [0.05, 0.1) is 0 Å². The Kier molecular flexibility index (Phi) is 3.94. The molecule has 1 heterocycles. The predicted octanol–water partition coefficient (Wildman–Crippen LogP) is 2.22. The maximum Gasteiger partial charge on any atom is 0.150 e. The van der Waals surface area contributed by atoms with Crippen LogP contribution in [0.25, 0.3) is 6.08 Å². The molecule has 0 aliphatic heterocycles. The van der Waals surface area contributed by atoms with Crippen molar-refractivity contribution in [2.75, 3.05) is 0 Å². The van der Waals surface area contributed by atoms with Gasteiger partial charge in [-0.2, -0.15) is 5.10 Å². The second-order valence-corrected chi connectivity index (χ2v) is 5.33. The van der Waals surface area contributed by atoms with E-state index in [4.69, 9.17) is 5.73 Å².